The van der Waals surface area contributed by atoms with Crippen LogP contribution in [0.25, 0.3) is 0 Å². The van der Waals surface area contributed by atoms with Crippen LogP contribution in [0.5, 0.6) is 0 Å². The predicted octanol–water partition coefficient (Wildman–Crippen LogP) is 3.90. The second-order valence-corrected chi connectivity index (χ2v) is 6.92. The van der Waals surface area contributed by atoms with Crippen LogP contribution in [0.1, 0.15) is 43.0 Å². The molecular weight excluding hydrogens is 282 g/mol. The lowest BCUT2D eigenvalue weighted by Gasteiger charge is -2.28. The van der Waals surface area contributed by atoms with Gasteiger partial charge in [0.25, 0.3) is 0 Å². The molecule has 21 heavy (non-hydrogen) atoms. The van der Waals surface area contributed by atoms with E-state index in [1.54, 1.807) is 23.9 Å². The third kappa shape index (κ3) is 2.91. The summed E-state index contributed by atoms with van der Waals surface area (Å²) in [6, 6.07) is 6.22. The summed E-state index contributed by atoms with van der Waals surface area (Å²) >= 11 is 1.70. The molecule has 1 aliphatic carbocycles. The minimum absolute atomic E-state index is 0.118. The van der Waals surface area contributed by atoms with Gasteiger partial charge in [-0.1, -0.05) is 18.9 Å². The summed E-state index contributed by atoms with van der Waals surface area (Å²) in [5.74, 6) is 0.193. The van der Waals surface area contributed by atoms with Gasteiger partial charge in [0.1, 0.15) is 0 Å². The third-order valence-corrected chi connectivity index (χ3v) is 5.46. The Morgan fingerprint density at radius 1 is 1.43 bits per heavy atom. The van der Waals surface area contributed by atoms with E-state index in [-0.39, 0.29) is 17.4 Å². The molecule has 112 valence electrons. The zero-order chi connectivity index (χ0) is 14.7. The van der Waals surface area contributed by atoms with Crippen molar-refractivity contribution >= 4 is 17.2 Å². The second kappa shape index (κ2) is 6.06. The maximum absolute atomic E-state index is 12.9. The van der Waals surface area contributed by atoms with Crippen molar-refractivity contribution in [3.05, 3.63) is 46.5 Å². The molecule has 0 aliphatic heterocycles. The molecule has 1 saturated carbocycles. The summed E-state index contributed by atoms with van der Waals surface area (Å²) in [4.78, 5) is 14.1. The van der Waals surface area contributed by atoms with Crippen LogP contribution in [0.4, 0.5) is 0 Å². The van der Waals surface area contributed by atoms with E-state index in [1.165, 1.54) is 4.88 Å². The summed E-state index contributed by atoms with van der Waals surface area (Å²) in [6.07, 6.45) is 8.45. The molecule has 1 aliphatic rings. The number of nitrogens with one attached hydrogen (secondary N) is 1. The summed E-state index contributed by atoms with van der Waals surface area (Å²) in [5.41, 5.74) is 0.832. The van der Waals surface area contributed by atoms with Crippen LogP contribution in [0.15, 0.2) is 40.5 Å². The SMILES string of the molecule is CC(Cc1ccoc1)NC(=O)C1(c2cccs2)CCCC1. The van der Waals surface area contributed by atoms with E-state index in [0.29, 0.717) is 0 Å². The van der Waals surface area contributed by atoms with Crippen LogP contribution in [0.3, 0.4) is 0 Å². The lowest BCUT2D eigenvalue weighted by molar-refractivity contribution is -0.127. The van der Waals surface area contributed by atoms with Crippen LogP contribution >= 0.6 is 11.3 Å². The Labute approximate surface area is 129 Å². The van der Waals surface area contributed by atoms with Gasteiger partial charge in [-0.3, -0.25) is 4.79 Å². The molecule has 1 amide bonds. The van der Waals surface area contributed by atoms with Crippen LogP contribution in [0.2, 0.25) is 0 Å². The molecule has 0 radical (unpaired) electrons. The van der Waals surface area contributed by atoms with Crippen molar-refractivity contribution in [2.45, 2.75) is 50.5 Å². The van der Waals surface area contributed by atoms with Crippen LogP contribution < -0.4 is 5.32 Å². The molecule has 1 unspecified atom stereocenters. The van der Waals surface area contributed by atoms with E-state index in [0.717, 1.165) is 37.7 Å². The molecule has 0 spiro atoms. The van der Waals surface area contributed by atoms with Crippen molar-refractivity contribution in [2.24, 2.45) is 0 Å². The molecule has 0 bridgehead atoms. The monoisotopic (exact) mass is 303 g/mol. The first kappa shape index (κ1) is 14.4. The van der Waals surface area contributed by atoms with Crippen LogP contribution in [-0.2, 0) is 16.6 Å². The number of amides is 1. The minimum Gasteiger partial charge on any atom is -0.472 e. The van der Waals surface area contributed by atoms with Gasteiger partial charge in [-0.15, -0.1) is 11.3 Å². The van der Waals surface area contributed by atoms with Crippen molar-refractivity contribution in [2.75, 3.05) is 0 Å². The molecule has 2 heterocycles. The van der Waals surface area contributed by atoms with Gasteiger partial charge in [-0.05, 0) is 49.3 Å². The number of thiophene rings is 1. The first-order valence-electron chi connectivity index (χ1n) is 7.57. The third-order valence-electron chi connectivity index (χ3n) is 4.38. The average Bonchev–Trinajstić information content (AvgIpc) is 3.21. The molecule has 3 rings (SSSR count). The number of carbonyl (C=O) groups excluding carboxylic acids is 1. The molecule has 4 heteroatoms. The molecule has 0 saturated heterocycles. The first-order valence-corrected chi connectivity index (χ1v) is 8.45. The summed E-state index contributed by atoms with van der Waals surface area (Å²) in [5, 5.41) is 5.28. The molecule has 1 atom stereocenters. The zero-order valence-electron chi connectivity index (χ0n) is 12.3. The Hall–Kier alpha value is -1.55. The fourth-order valence-corrected chi connectivity index (χ4v) is 4.27. The van der Waals surface area contributed by atoms with E-state index in [1.807, 2.05) is 12.1 Å². The summed E-state index contributed by atoms with van der Waals surface area (Å²) in [7, 11) is 0. The standard InChI is InChI=1S/C17H21NO2S/c1-13(11-14-6-9-20-12-14)18-16(19)17(7-2-3-8-17)15-5-4-10-21-15/h4-6,9-10,12-13H,2-3,7-8,11H2,1H3,(H,18,19). The van der Waals surface area contributed by atoms with Gasteiger partial charge < -0.3 is 9.73 Å². The van der Waals surface area contributed by atoms with Crippen molar-refractivity contribution in [1.29, 1.82) is 0 Å². The Bertz CT molecular complexity index is 568. The number of hydrogen-bond donors (Lipinski definition) is 1. The number of furan rings is 1. The minimum atomic E-state index is -0.293. The quantitative estimate of drug-likeness (QED) is 0.910. The smallest absolute Gasteiger partial charge is 0.231 e. The van der Waals surface area contributed by atoms with E-state index < -0.39 is 0 Å². The molecule has 2 aromatic heterocycles. The molecule has 0 aromatic carbocycles. The van der Waals surface area contributed by atoms with Gasteiger partial charge in [0.05, 0.1) is 17.9 Å². The molecule has 1 N–H and O–H groups in total. The molecular formula is C17H21NO2S. The topological polar surface area (TPSA) is 42.2 Å². The number of carbonyl (C=O) groups is 1. The summed E-state index contributed by atoms with van der Waals surface area (Å²) in [6.45, 7) is 2.06. The Morgan fingerprint density at radius 2 is 2.24 bits per heavy atom. The van der Waals surface area contributed by atoms with Gasteiger partial charge in [0.2, 0.25) is 5.91 Å². The van der Waals surface area contributed by atoms with Gasteiger partial charge in [0.15, 0.2) is 0 Å². The normalized spacial score (nSPS) is 18.5. The van der Waals surface area contributed by atoms with Crippen LogP contribution in [0, 0.1) is 0 Å². The fourth-order valence-electron chi connectivity index (χ4n) is 3.29. The van der Waals surface area contributed by atoms with Gasteiger partial charge in [-0.2, -0.15) is 0 Å². The highest BCUT2D eigenvalue weighted by atomic mass is 32.1. The maximum atomic E-state index is 12.9. The molecule has 1 fully saturated rings. The van der Waals surface area contributed by atoms with Crippen molar-refractivity contribution in [1.82, 2.24) is 5.32 Å². The molecule has 2 aromatic rings. The van der Waals surface area contributed by atoms with Crippen molar-refractivity contribution in [3.8, 4) is 0 Å². The number of hydrogen-bond acceptors (Lipinski definition) is 3. The lowest BCUT2D eigenvalue weighted by Crippen LogP contribution is -2.46. The highest BCUT2D eigenvalue weighted by Crippen LogP contribution is 2.43. The summed E-state index contributed by atoms with van der Waals surface area (Å²) < 4.78 is 5.09. The van der Waals surface area contributed by atoms with Crippen molar-refractivity contribution in [3.63, 3.8) is 0 Å². The van der Waals surface area contributed by atoms with Crippen LogP contribution in [-0.4, -0.2) is 11.9 Å². The highest BCUT2D eigenvalue weighted by Gasteiger charge is 2.43. The van der Waals surface area contributed by atoms with E-state index in [9.17, 15) is 4.79 Å². The Balaban J connectivity index is 1.70. The Morgan fingerprint density at radius 3 is 2.86 bits per heavy atom. The predicted molar refractivity (Wildman–Crippen MR) is 84.5 cm³/mol. The maximum Gasteiger partial charge on any atom is 0.231 e. The first-order chi connectivity index (χ1) is 10.2. The lowest BCUT2D eigenvalue weighted by atomic mass is 9.83. The van der Waals surface area contributed by atoms with Crippen molar-refractivity contribution < 1.29 is 9.21 Å². The average molecular weight is 303 g/mol. The van der Waals surface area contributed by atoms with Gasteiger partial charge >= 0.3 is 0 Å². The van der Waals surface area contributed by atoms with E-state index >= 15 is 0 Å². The fraction of sp³-hybridized carbons (Fsp3) is 0.471. The zero-order valence-corrected chi connectivity index (χ0v) is 13.1. The van der Waals surface area contributed by atoms with Gasteiger partial charge in [-0.25, -0.2) is 0 Å². The Kier molecular flexibility index (Phi) is 4.15. The molecule has 3 nitrogen and oxygen atoms in total. The second-order valence-electron chi connectivity index (χ2n) is 5.98. The van der Waals surface area contributed by atoms with E-state index in [2.05, 4.69) is 23.7 Å². The highest BCUT2D eigenvalue weighted by molar-refractivity contribution is 7.10. The largest absolute Gasteiger partial charge is 0.472 e. The van der Waals surface area contributed by atoms with Gasteiger partial charge in [0, 0.05) is 10.9 Å². The number of rotatable bonds is 5. The van der Waals surface area contributed by atoms with E-state index in [4.69, 9.17) is 4.42 Å².